The second kappa shape index (κ2) is 6.15. The summed E-state index contributed by atoms with van der Waals surface area (Å²) in [5.41, 5.74) is 0.993. The standard InChI is InChI=1S/C15H16N2O3S/c1-11(15-8-3-4-9-16-15)17-21(19,20)14-7-5-6-13(10-14)12(2)18/h3-11,17H,1-2H3. The summed E-state index contributed by atoms with van der Waals surface area (Å²) >= 11 is 0. The van der Waals surface area contributed by atoms with E-state index < -0.39 is 16.1 Å². The monoisotopic (exact) mass is 304 g/mol. The predicted molar refractivity (Wildman–Crippen MR) is 79.4 cm³/mol. The van der Waals surface area contributed by atoms with Crippen LogP contribution < -0.4 is 4.72 Å². The van der Waals surface area contributed by atoms with Gasteiger partial charge in [-0.15, -0.1) is 0 Å². The average molecular weight is 304 g/mol. The molecule has 0 aliphatic carbocycles. The van der Waals surface area contributed by atoms with Crippen molar-refractivity contribution in [1.82, 2.24) is 9.71 Å². The van der Waals surface area contributed by atoms with Crippen LogP contribution in [0, 0.1) is 0 Å². The van der Waals surface area contributed by atoms with Gasteiger partial charge in [-0.1, -0.05) is 18.2 Å². The molecule has 0 fully saturated rings. The third-order valence-corrected chi connectivity index (χ3v) is 4.55. The maximum Gasteiger partial charge on any atom is 0.241 e. The summed E-state index contributed by atoms with van der Waals surface area (Å²) in [5.74, 6) is -0.176. The van der Waals surface area contributed by atoms with Crippen molar-refractivity contribution in [1.29, 1.82) is 0 Å². The Morgan fingerprint density at radius 3 is 2.57 bits per heavy atom. The second-order valence-corrected chi connectivity index (χ2v) is 6.40. The molecular weight excluding hydrogens is 288 g/mol. The van der Waals surface area contributed by atoms with Crippen molar-refractivity contribution in [2.75, 3.05) is 0 Å². The number of hydrogen-bond donors (Lipinski definition) is 1. The Morgan fingerprint density at radius 1 is 1.19 bits per heavy atom. The second-order valence-electron chi connectivity index (χ2n) is 4.68. The summed E-state index contributed by atoms with van der Waals surface area (Å²) < 4.78 is 27.2. The molecule has 1 N–H and O–H groups in total. The molecule has 110 valence electrons. The Balaban J connectivity index is 2.26. The van der Waals surface area contributed by atoms with Gasteiger partial charge in [-0.25, -0.2) is 13.1 Å². The third-order valence-electron chi connectivity index (χ3n) is 3.01. The maximum absolute atomic E-state index is 12.3. The molecule has 1 atom stereocenters. The lowest BCUT2D eigenvalue weighted by molar-refractivity contribution is 0.101. The molecule has 0 aliphatic heterocycles. The van der Waals surface area contributed by atoms with Crippen LogP contribution in [-0.2, 0) is 10.0 Å². The van der Waals surface area contributed by atoms with Crippen LogP contribution in [0.1, 0.15) is 35.9 Å². The van der Waals surface area contributed by atoms with Crippen LogP contribution >= 0.6 is 0 Å². The number of nitrogens with one attached hydrogen (secondary N) is 1. The van der Waals surface area contributed by atoms with E-state index in [0.717, 1.165) is 0 Å². The zero-order valence-electron chi connectivity index (χ0n) is 11.8. The number of benzene rings is 1. The molecule has 1 aromatic carbocycles. The summed E-state index contributed by atoms with van der Waals surface area (Å²) in [4.78, 5) is 15.5. The highest BCUT2D eigenvalue weighted by Gasteiger charge is 2.19. The fraction of sp³-hybridized carbons (Fsp3) is 0.200. The van der Waals surface area contributed by atoms with E-state index in [1.807, 2.05) is 0 Å². The molecule has 1 heterocycles. The van der Waals surface area contributed by atoms with E-state index in [-0.39, 0.29) is 10.7 Å². The van der Waals surface area contributed by atoms with Gasteiger partial charge in [0.05, 0.1) is 16.6 Å². The summed E-state index contributed by atoms with van der Waals surface area (Å²) in [6, 6.07) is 10.8. The first-order chi connectivity index (χ1) is 9.90. The Kier molecular flexibility index (Phi) is 4.50. The zero-order valence-corrected chi connectivity index (χ0v) is 12.6. The van der Waals surface area contributed by atoms with Gasteiger partial charge in [-0.2, -0.15) is 0 Å². The topological polar surface area (TPSA) is 76.1 Å². The Bertz CT molecular complexity index is 743. The molecule has 1 unspecified atom stereocenters. The molecule has 0 aliphatic rings. The van der Waals surface area contributed by atoms with Gasteiger partial charge in [0, 0.05) is 11.8 Å². The average Bonchev–Trinajstić information content (AvgIpc) is 2.48. The number of hydrogen-bond acceptors (Lipinski definition) is 4. The lowest BCUT2D eigenvalue weighted by atomic mass is 10.2. The summed E-state index contributed by atoms with van der Waals surface area (Å²) in [6.07, 6.45) is 1.61. The van der Waals surface area contributed by atoms with Crippen LogP contribution in [-0.4, -0.2) is 19.2 Å². The van der Waals surface area contributed by atoms with E-state index in [9.17, 15) is 13.2 Å². The largest absolute Gasteiger partial charge is 0.295 e. The number of carbonyl (C=O) groups is 1. The first-order valence-electron chi connectivity index (χ1n) is 6.44. The van der Waals surface area contributed by atoms with Gasteiger partial charge in [0.2, 0.25) is 10.0 Å². The quantitative estimate of drug-likeness (QED) is 0.860. The predicted octanol–water partition coefficient (Wildman–Crippen LogP) is 2.32. The number of sulfonamides is 1. The Labute approximate surface area is 124 Å². The van der Waals surface area contributed by atoms with Crippen molar-refractivity contribution in [3.05, 3.63) is 59.9 Å². The van der Waals surface area contributed by atoms with E-state index >= 15 is 0 Å². The van der Waals surface area contributed by atoms with Crippen molar-refractivity contribution < 1.29 is 13.2 Å². The SMILES string of the molecule is CC(=O)c1cccc(S(=O)(=O)NC(C)c2ccccn2)c1. The number of rotatable bonds is 5. The molecule has 21 heavy (non-hydrogen) atoms. The molecular formula is C15H16N2O3S. The summed E-state index contributed by atoms with van der Waals surface area (Å²) in [5, 5.41) is 0. The minimum absolute atomic E-state index is 0.0676. The van der Waals surface area contributed by atoms with Crippen LogP contribution in [0.2, 0.25) is 0 Å². The molecule has 0 amide bonds. The van der Waals surface area contributed by atoms with Crippen LogP contribution in [0.25, 0.3) is 0 Å². The van der Waals surface area contributed by atoms with Crippen LogP contribution in [0.3, 0.4) is 0 Å². The molecule has 2 aromatic rings. The van der Waals surface area contributed by atoms with Crippen LogP contribution in [0.5, 0.6) is 0 Å². The van der Waals surface area contributed by atoms with Crippen LogP contribution in [0.4, 0.5) is 0 Å². The first kappa shape index (κ1) is 15.3. The van der Waals surface area contributed by atoms with E-state index in [4.69, 9.17) is 0 Å². The van der Waals surface area contributed by atoms with Crippen molar-refractivity contribution in [3.63, 3.8) is 0 Å². The van der Waals surface area contributed by atoms with Crippen molar-refractivity contribution in [2.45, 2.75) is 24.8 Å². The summed E-state index contributed by atoms with van der Waals surface area (Å²) in [6.45, 7) is 3.12. The molecule has 0 saturated carbocycles. The van der Waals surface area contributed by atoms with E-state index in [1.165, 1.54) is 19.1 Å². The third kappa shape index (κ3) is 3.74. The molecule has 0 spiro atoms. The minimum Gasteiger partial charge on any atom is -0.295 e. The zero-order chi connectivity index (χ0) is 15.5. The number of ketones is 1. The highest BCUT2D eigenvalue weighted by molar-refractivity contribution is 7.89. The Morgan fingerprint density at radius 2 is 1.95 bits per heavy atom. The van der Waals surface area contributed by atoms with Crippen LogP contribution in [0.15, 0.2) is 53.6 Å². The fourth-order valence-corrected chi connectivity index (χ4v) is 3.14. The highest BCUT2D eigenvalue weighted by Crippen LogP contribution is 2.16. The molecule has 2 rings (SSSR count). The van der Waals surface area contributed by atoms with E-state index in [0.29, 0.717) is 11.3 Å². The number of pyridine rings is 1. The fourth-order valence-electron chi connectivity index (χ4n) is 1.88. The molecule has 1 aromatic heterocycles. The van der Waals surface area contributed by atoms with Gasteiger partial charge in [-0.05, 0) is 38.1 Å². The van der Waals surface area contributed by atoms with E-state index in [2.05, 4.69) is 9.71 Å². The first-order valence-corrected chi connectivity index (χ1v) is 7.93. The van der Waals surface area contributed by atoms with Gasteiger partial charge in [0.1, 0.15) is 0 Å². The van der Waals surface area contributed by atoms with Gasteiger partial charge < -0.3 is 0 Å². The lowest BCUT2D eigenvalue weighted by Crippen LogP contribution is -2.27. The maximum atomic E-state index is 12.3. The molecule has 0 bridgehead atoms. The van der Waals surface area contributed by atoms with Gasteiger partial charge in [-0.3, -0.25) is 9.78 Å². The van der Waals surface area contributed by atoms with Crippen molar-refractivity contribution >= 4 is 15.8 Å². The lowest BCUT2D eigenvalue weighted by Gasteiger charge is -2.14. The number of nitrogens with zero attached hydrogens (tertiary/aromatic N) is 1. The van der Waals surface area contributed by atoms with Crippen molar-refractivity contribution in [3.8, 4) is 0 Å². The molecule has 0 saturated heterocycles. The molecule has 0 radical (unpaired) electrons. The smallest absolute Gasteiger partial charge is 0.241 e. The number of carbonyl (C=O) groups excluding carboxylic acids is 1. The van der Waals surface area contributed by atoms with E-state index in [1.54, 1.807) is 43.5 Å². The van der Waals surface area contributed by atoms with Gasteiger partial charge in [0.25, 0.3) is 0 Å². The number of aromatic nitrogens is 1. The molecule has 6 heteroatoms. The van der Waals surface area contributed by atoms with Gasteiger partial charge >= 0.3 is 0 Å². The van der Waals surface area contributed by atoms with Crippen molar-refractivity contribution in [2.24, 2.45) is 0 Å². The minimum atomic E-state index is -3.71. The molecule has 5 nitrogen and oxygen atoms in total. The highest BCUT2D eigenvalue weighted by atomic mass is 32.2. The van der Waals surface area contributed by atoms with Gasteiger partial charge in [0.15, 0.2) is 5.78 Å². The Hall–Kier alpha value is -2.05. The number of Topliss-reactive ketones (excluding diaryl/α,β-unsaturated/α-hetero) is 1. The summed E-state index contributed by atoms with van der Waals surface area (Å²) in [7, 11) is -3.71. The normalized spacial score (nSPS) is 12.9.